The van der Waals surface area contributed by atoms with Crippen molar-refractivity contribution in [1.82, 2.24) is 4.90 Å². The molecule has 3 aromatic carbocycles. The molecule has 1 fully saturated rings. The third-order valence-corrected chi connectivity index (χ3v) is 5.78. The van der Waals surface area contributed by atoms with Gasteiger partial charge < -0.3 is 5.11 Å². The molecule has 1 heterocycles. The number of hydrogen-bond acceptors (Lipinski definition) is 2. The molecule has 1 saturated heterocycles. The number of rotatable bonds is 4. The topological polar surface area (TPSA) is 23.5 Å². The largest absolute Gasteiger partial charge is 0.508 e. The van der Waals surface area contributed by atoms with Crippen LogP contribution in [0.1, 0.15) is 43.4 Å². The fourth-order valence-corrected chi connectivity index (χ4v) is 4.52. The molecule has 0 amide bonds. The minimum atomic E-state index is 0.0132. The predicted molar refractivity (Wildman–Crippen MR) is 113 cm³/mol. The van der Waals surface area contributed by atoms with Crippen LogP contribution < -0.4 is 0 Å². The third kappa shape index (κ3) is 3.38. The average molecular weight is 357 g/mol. The maximum absolute atomic E-state index is 10.9. The normalized spacial score (nSPS) is 19.1. The van der Waals surface area contributed by atoms with E-state index in [1.165, 1.54) is 24.0 Å². The van der Waals surface area contributed by atoms with Gasteiger partial charge in [-0.25, -0.2) is 0 Å². The number of nitrogens with zero attached hydrogens (tertiary/aromatic N) is 1. The number of likely N-dealkylation sites (tertiary alicyclic amines) is 1. The molecule has 2 heteroatoms. The molecule has 4 rings (SSSR count). The third-order valence-electron chi connectivity index (χ3n) is 5.78. The molecule has 0 aliphatic carbocycles. The van der Waals surface area contributed by atoms with Gasteiger partial charge in [-0.3, -0.25) is 4.90 Å². The van der Waals surface area contributed by atoms with E-state index in [-0.39, 0.29) is 6.04 Å². The van der Waals surface area contributed by atoms with Crippen molar-refractivity contribution in [2.24, 2.45) is 0 Å². The zero-order valence-electron chi connectivity index (χ0n) is 15.9. The highest BCUT2D eigenvalue weighted by atomic mass is 16.3. The smallest absolute Gasteiger partial charge is 0.121 e. The molecule has 1 N–H and O–H groups in total. The number of aromatic hydroxyl groups is 1. The predicted octanol–water partition coefficient (Wildman–Crippen LogP) is 6.07. The monoisotopic (exact) mass is 357 g/mol. The molecular weight excluding hydrogens is 330 g/mol. The average Bonchev–Trinajstić information content (AvgIpc) is 2.71. The summed E-state index contributed by atoms with van der Waals surface area (Å²) in [5.74, 6) is 0.369. The van der Waals surface area contributed by atoms with E-state index in [4.69, 9.17) is 0 Å². The minimum Gasteiger partial charge on any atom is -0.508 e. The summed E-state index contributed by atoms with van der Waals surface area (Å²) in [5.41, 5.74) is 3.43. The summed E-state index contributed by atoms with van der Waals surface area (Å²) < 4.78 is 0. The zero-order valence-corrected chi connectivity index (χ0v) is 15.9. The van der Waals surface area contributed by atoms with Gasteiger partial charge in [0.05, 0.1) is 6.04 Å². The van der Waals surface area contributed by atoms with Gasteiger partial charge >= 0.3 is 0 Å². The molecule has 1 aliphatic rings. The number of phenols is 1. The lowest BCUT2D eigenvalue weighted by Gasteiger charge is -2.42. The van der Waals surface area contributed by atoms with Crippen molar-refractivity contribution >= 4 is 10.8 Å². The van der Waals surface area contributed by atoms with E-state index >= 15 is 0 Å². The Morgan fingerprint density at radius 1 is 1.00 bits per heavy atom. The SMILES string of the molecule is C=C(C)[C@@H]1CCCCN1[C@H](c1ccccc1)c1c(O)ccc2ccccc12. The molecular formula is C25H27NO. The Balaban J connectivity index is 1.95. The standard InChI is InChI=1S/C25H27NO/c1-18(2)22-14-8-9-17-26(22)25(20-11-4-3-5-12-20)24-21-13-7-6-10-19(21)15-16-23(24)27/h3-7,10-13,15-16,22,25,27H,1,8-9,14,17H2,2H3/t22-,25+/m0/s1. The van der Waals surface area contributed by atoms with E-state index in [2.05, 4.69) is 73.0 Å². The fourth-order valence-electron chi connectivity index (χ4n) is 4.52. The highest BCUT2D eigenvalue weighted by Crippen LogP contribution is 2.42. The number of piperidine rings is 1. The van der Waals surface area contributed by atoms with Crippen molar-refractivity contribution in [2.45, 2.75) is 38.3 Å². The second-order valence-electron chi connectivity index (χ2n) is 7.63. The molecule has 0 aromatic heterocycles. The molecule has 1 aliphatic heterocycles. The molecule has 3 aromatic rings. The van der Waals surface area contributed by atoms with Crippen LogP contribution in [0.3, 0.4) is 0 Å². The Hall–Kier alpha value is -2.58. The van der Waals surface area contributed by atoms with Gasteiger partial charge in [-0.1, -0.05) is 79.2 Å². The Morgan fingerprint density at radius 3 is 2.52 bits per heavy atom. The van der Waals surface area contributed by atoms with Crippen molar-refractivity contribution in [2.75, 3.05) is 6.54 Å². The summed E-state index contributed by atoms with van der Waals surface area (Å²) in [6, 6.07) is 23.1. The van der Waals surface area contributed by atoms with Crippen molar-refractivity contribution in [3.8, 4) is 5.75 Å². The Bertz CT molecular complexity index is 947. The second kappa shape index (κ2) is 7.58. The first kappa shape index (κ1) is 17.8. The highest BCUT2D eigenvalue weighted by Gasteiger charge is 2.33. The van der Waals surface area contributed by atoms with Crippen molar-refractivity contribution in [1.29, 1.82) is 0 Å². The lowest BCUT2D eigenvalue weighted by atomic mass is 9.87. The van der Waals surface area contributed by atoms with Gasteiger partial charge in [0.15, 0.2) is 0 Å². The molecule has 2 atom stereocenters. The lowest BCUT2D eigenvalue weighted by Crippen LogP contribution is -2.43. The van der Waals surface area contributed by atoms with E-state index in [0.717, 1.165) is 29.3 Å². The van der Waals surface area contributed by atoms with Gasteiger partial charge in [-0.05, 0) is 48.7 Å². The number of hydrogen-bond donors (Lipinski definition) is 1. The van der Waals surface area contributed by atoms with Crippen LogP contribution >= 0.6 is 0 Å². The summed E-state index contributed by atoms with van der Waals surface area (Å²) in [5, 5.41) is 13.2. The highest BCUT2D eigenvalue weighted by molar-refractivity contribution is 5.88. The van der Waals surface area contributed by atoms with E-state index < -0.39 is 0 Å². The first-order valence-electron chi connectivity index (χ1n) is 9.83. The van der Waals surface area contributed by atoms with Gasteiger partial charge in [0.1, 0.15) is 5.75 Å². The van der Waals surface area contributed by atoms with Crippen LogP contribution in [-0.2, 0) is 0 Å². The molecule has 0 spiro atoms. The van der Waals surface area contributed by atoms with Gasteiger partial charge in [0, 0.05) is 11.6 Å². The number of fused-ring (bicyclic) bond motifs is 1. The molecule has 138 valence electrons. The van der Waals surface area contributed by atoms with Crippen molar-refractivity contribution in [3.05, 3.63) is 90.0 Å². The first-order valence-corrected chi connectivity index (χ1v) is 9.83. The van der Waals surface area contributed by atoms with Crippen molar-refractivity contribution < 1.29 is 5.11 Å². The maximum atomic E-state index is 10.9. The molecule has 0 radical (unpaired) electrons. The zero-order chi connectivity index (χ0) is 18.8. The number of benzene rings is 3. The summed E-state index contributed by atoms with van der Waals surface area (Å²) in [6.45, 7) is 7.43. The van der Waals surface area contributed by atoms with Crippen LogP contribution in [0.25, 0.3) is 10.8 Å². The van der Waals surface area contributed by atoms with E-state index in [1.54, 1.807) is 0 Å². The quantitative estimate of drug-likeness (QED) is 0.573. The number of phenolic OH excluding ortho intramolecular Hbond substituents is 1. The van der Waals surface area contributed by atoms with Crippen molar-refractivity contribution in [3.63, 3.8) is 0 Å². The van der Waals surface area contributed by atoms with Gasteiger partial charge in [0.25, 0.3) is 0 Å². The maximum Gasteiger partial charge on any atom is 0.121 e. The van der Waals surface area contributed by atoms with Crippen LogP contribution in [0.4, 0.5) is 0 Å². The van der Waals surface area contributed by atoms with Crippen LogP contribution in [0.15, 0.2) is 78.9 Å². The Labute approximate surface area is 161 Å². The second-order valence-corrected chi connectivity index (χ2v) is 7.63. The Kier molecular flexibility index (Phi) is 5.00. The van der Waals surface area contributed by atoms with E-state index in [9.17, 15) is 5.11 Å². The lowest BCUT2D eigenvalue weighted by molar-refractivity contribution is 0.134. The molecule has 0 unspecified atom stereocenters. The Morgan fingerprint density at radius 2 is 1.74 bits per heavy atom. The van der Waals surface area contributed by atoms with Gasteiger partial charge in [0.2, 0.25) is 0 Å². The summed E-state index contributed by atoms with van der Waals surface area (Å²) in [6.07, 6.45) is 3.54. The summed E-state index contributed by atoms with van der Waals surface area (Å²) >= 11 is 0. The van der Waals surface area contributed by atoms with Gasteiger partial charge in [-0.15, -0.1) is 0 Å². The minimum absolute atomic E-state index is 0.0132. The van der Waals surface area contributed by atoms with E-state index in [1.807, 2.05) is 12.1 Å². The van der Waals surface area contributed by atoms with Crippen LogP contribution in [0, 0.1) is 0 Å². The van der Waals surface area contributed by atoms with Crippen LogP contribution in [0.2, 0.25) is 0 Å². The molecule has 27 heavy (non-hydrogen) atoms. The molecule has 0 saturated carbocycles. The van der Waals surface area contributed by atoms with Crippen LogP contribution in [-0.4, -0.2) is 22.6 Å². The van der Waals surface area contributed by atoms with E-state index in [0.29, 0.717) is 11.8 Å². The summed E-state index contributed by atoms with van der Waals surface area (Å²) in [7, 11) is 0. The first-order chi connectivity index (χ1) is 13.2. The summed E-state index contributed by atoms with van der Waals surface area (Å²) in [4.78, 5) is 2.54. The molecule has 0 bridgehead atoms. The molecule has 2 nitrogen and oxygen atoms in total. The van der Waals surface area contributed by atoms with Crippen LogP contribution in [0.5, 0.6) is 5.75 Å². The fraction of sp³-hybridized carbons (Fsp3) is 0.280. The van der Waals surface area contributed by atoms with Gasteiger partial charge in [-0.2, -0.15) is 0 Å².